The molecule has 0 saturated carbocycles. The number of H-pyrrole nitrogens is 1. The van der Waals surface area contributed by atoms with Gasteiger partial charge in [-0.25, -0.2) is 4.79 Å². The fourth-order valence-electron chi connectivity index (χ4n) is 3.36. The summed E-state index contributed by atoms with van der Waals surface area (Å²) in [6.45, 7) is 0.00624. The summed E-state index contributed by atoms with van der Waals surface area (Å²) in [5.41, 5.74) is -0.749. The standard InChI is InChI=1S/C22H15F3N2O4/c23-22(24,25)18-4-2-1-3-16(18)19-9-14-5-6-15(10-17(14)20(28)26-19)27(21(29)30)11-13-7-8-31-12-13/h1-10,12H,11H2,(H,26,28)(H,29,30). The fraction of sp³-hybridized carbons (Fsp3) is 0.0909. The van der Waals surface area contributed by atoms with E-state index >= 15 is 0 Å². The maximum Gasteiger partial charge on any atom is 0.417 e. The van der Waals surface area contributed by atoms with Crippen molar-refractivity contribution in [1.29, 1.82) is 0 Å². The summed E-state index contributed by atoms with van der Waals surface area (Å²) < 4.78 is 45.0. The number of anilines is 1. The molecule has 158 valence electrons. The van der Waals surface area contributed by atoms with Crippen molar-refractivity contribution in [3.8, 4) is 11.3 Å². The van der Waals surface area contributed by atoms with E-state index in [4.69, 9.17) is 4.42 Å². The van der Waals surface area contributed by atoms with Gasteiger partial charge in [0.05, 0.1) is 24.6 Å². The average Bonchev–Trinajstić information content (AvgIpc) is 3.24. The van der Waals surface area contributed by atoms with Gasteiger partial charge in [0.15, 0.2) is 0 Å². The van der Waals surface area contributed by atoms with Gasteiger partial charge in [0, 0.05) is 27.9 Å². The number of hydrogen-bond acceptors (Lipinski definition) is 3. The number of fused-ring (bicyclic) bond motifs is 1. The Morgan fingerprint density at radius 3 is 2.55 bits per heavy atom. The molecule has 0 fully saturated rings. The molecule has 0 radical (unpaired) electrons. The highest BCUT2D eigenvalue weighted by molar-refractivity contribution is 5.93. The first-order valence-electron chi connectivity index (χ1n) is 9.09. The second-order valence-electron chi connectivity index (χ2n) is 6.83. The molecule has 9 heteroatoms. The quantitative estimate of drug-likeness (QED) is 0.450. The van der Waals surface area contributed by atoms with E-state index in [1.807, 2.05) is 0 Å². The van der Waals surface area contributed by atoms with Crippen LogP contribution in [0.2, 0.25) is 0 Å². The zero-order valence-corrected chi connectivity index (χ0v) is 15.8. The van der Waals surface area contributed by atoms with Crippen LogP contribution < -0.4 is 10.5 Å². The monoisotopic (exact) mass is 428 g/mol. The van der Waals surface area contributed by atoms with Crippen molar-refractivity contribution in [3.63, 3.8) is 0 Å². The zero-order valence-electron chi connectivity index (χ0n) is 15.8. The number of benzene rings is 2. The zero-order chi connectivity index (χ0) is 22.2. The Bertz CT molecular complexity index is 1310. The molecule has 6 nitrogen and oxygen atoms in total. The van der Waals surface area contributed by atoms with Gasteiger partial charge >= 0.3 is 12.3 Å². The second-order valence-corrected chi connectivity index (χ2v) is 6.83. The number of carbonyl (C=O) groups is 1. The van der Waals surface area contributed by atoms with E-state index in [1.165, 1.54) is 55.0 Å². The van der Waals surface area contributed by atoms with Crippen molar-refractivity contribution >= 4 is 22.6 Å². The van der Waals surface area contributed by atoms with Crippen LogP contribution in [0, 0.1) is 0 Å². The van der Waals surface area contributed by atoms with E-state index in [0.29, 0.717) is 10.9 Å². The predicted octanol–water partition coefficient (Wildman–Crippen LogP) is 5.49. The number of alkyl halides is 3. The lowest BCUT2D eigenvalue weighted by Gasteiger charge is -2.19. The molecule has 2 aromatic carbocycles. The molecule has 0 unspecified atom stereocenters. The van der Waals surface area contributed by atoms with Gasteiger partial charge in [-0.2, -0.15) is 13.2 Å². The molecule has 2 N–H and O–H groups in total. The summed E-state index contributed by atoms with van der Waals surface area (Å²) in [5.74, 6) is 0. The molecule has 31 heavy (non-hydrogen) atoms. The fourth-order valence-corrected chi connectivity index (χ4v) is 3.36. The molecule has 0 spiro atoms. The van der Waals surface area contributed by atoms with E-state index < -0.39 is 23.4 Å². The van der Waals surface area contributed by atoms with Crippen molar-refractivity contribution in [2.24, 2.45) is 0 Å². The first kappa shape index (κ1) is 20.3. The highest BCUT2D eigenvalue weighted by Gasteiger charge is 2.33. The molecule has 0 aliphatic heterocycles. The van der Waals surface area contributed by atoms with Crippen LogP contribution in [0.3, 0.4) is 0 Å². The normalized spacial score (nSPS) is 11.6. The maximum absolute atomic E-state index is 13.4. The number of pyridine rings is 1. The maximum atomic E-state index is 13.4. The second kappa shape index (κ2) is 7.67. The number of hydrogen-bond donors (Lipinski definition) is 2. The molecule has 0 aliphatic carbocycles. The first-order valence-corrected chi connectivity index (χ1v) is 9.09. The van der Waals surface area contributed by atoms with E-state index in [0.717, 1.165) is 11.0 Å². The molecule has 1 amide bonds. The topological polar surface area (TPSA) is 86.5 Å². The Kier molecular flexibility index (Phi) is 5.02. The van der Waals surface area contributed by atoms with Crippen molar-refractivity contribution < 1.29 is 27.5 Å². The number of furan rings is 1. The van der Waals surface area contributed by atoms with Crippen LogP contribution in [-0.2, 0) is 12.7 Å². The lowest BCUT2D eigenvalue weighted by molar-refractivity contribution is -0.137. The van der Waals surface area contributed by atoms with E-state index in [1.54, 1.807) is 6.07 Å². The predicted molar refractivity (Wildman–Crippen MR) is 108 cm³/mol. The molecule has 4 aromatic rings. The van der Waals surface area contributed by atoms with Crippen molar-refractivity contribution in [2.75, 3.05) is 4.90 Å². The number of rotatable bonds is 4. The van der Waals surface area contributed by atoms with Gasteiger partial charge < -0.3 is 14.5 Å². The molecule has 0 atom stereocenters. The smallest absolute Gasteiger partial charge is 0.417 e. The third-order valence-corrected chi connectivity index (χ3v) is 4.82. The Hall–Kier alpha value is -4.01. The number of amides is 1. The summed E-state index contributed by atoms with van der Waals surface area (Å²) in [6.07, 6.45) is -2.98. The Morgan fingerprint density at radius 2 is 1.87 bits per heavy atom. The number of nitrogens with one attached hydrogen (secondary N) is 1. The summed E-state index contributed by atoms with van der Waals surface area (Å²) in [6, 6.07) is 12.4. The van der Waals surface area contributed by atoms with Gasteiger partial charge in [0.25, 0.3) is 5.56 Å². The summed E-state index contributed by atoms with van der Waals surface area (Å²) in [4.78, 5) is 27.9. The number of aromatic amines is 1. The molecular weight excluding hydrogens is 413 g/mol. The van der Waals surface area contributed by atoms with Crippen LogP contribution in [0.4, 0.5) is 23.7 Å². The number of halogens is 3. The summed E-state index contributed by atoms with van der Waals surface area (Å²) >= 11 is 0. The van der Waals surface area contributed by atoms with Gasteiger partial charge in [-0.05, 0) is 35.7 Å². The third kappa shape index (κ3) is 4.02. The number of carboxylic acid groups (broad SMARTS) is 1. The molecule has 0 bridgehead atoms. The largest absolute Gasteiger partial charge is 0.472 e. The van der Waals surface area contributed by atoms with Crippen LogP contribution in [0.5, 0.6) is 0 Å². The molecule has 2 aromatic heterocycles. The van der Waals surface area contributed by atoms with Crippen molar-refractivity contribution in [2.45, 2.75) is 12.7 Å². The van der Waals surface area contributed by atoms with Crippen molar-refractivity contribution in [3.05, 3.63) is 88.6 Å². The highest BCUT2D eigenvalue weighted by Crippen LogP contribution is 2.36. The Labute approximate surface area is 173 Å². The first-order chi connectivity index (χ1) is 14.7. The van der Waals surface area contributed by atoms with Gasteiger partial charge in [-0.1, -0.05) is 24.3 Å². The minimum absolute atomic E-state index is 0.00624. The number of aromatic nitrogens is 1. The van der Waals surface area contributed by atoms with Gasteiger partial charge in [0.1, 0.15) is 0 Å². The van der Waals surface area contributed by atoms with Crippen LogP contribution in [0.15, 0.2) is 76.3 Å². The number of nitrogens with zero attached hydrogens (tertiary/aromatic N) is 1. The van der Waals surface area contributed by atoms with Crippen LogP contribution in [0.25, 0.3) is 22.0 Å². The van der Waals surface area contributed by atoms with E-state index in [9.17, 15) is 27.9 Å². The molecule has 2 heterocycles. The van der Waals surface area contributed by atoms with E-state index in [-0.39, 0.29) is 28.9 Å². The minimum atomic E-state index is -4.58. The highest BCUT2D eigenvalue weighted by atomic mass is 19.4. The van der Waals surface area contributed by atoms with Gasteiger partial charge in [-0.3, -0.25) is 9.69 Å². The van der Waals surface area contributed by atoms with E-state index in [2.05, 4.69) is 4.98 Å². The average molecular weight is 428 g/mol. The Balaban J connectivity index is 1.79. The lowest BCUT2D eigenvalue weighted by Crippen LogP contribution is -2.28. The summed E-state index contributed by atoms with van der Waals surface area (Å²) in [7, 11) is 0. The van der Waals surface area contributed by atoms with Gasteiger partial charge in [0.2, 0.25) is 0 Å². The Morgan fingerprint density at radius 1 is 1.10 bits per heavy atom. The molecular formula is C22H15F3N2O4. The minimum Gasteiger partial charge on any atom is -0.472 e. The van der Waals surface area contributed by atoms with Crippen molar-refractivity contribution in [1.82, 2.24) is 4.98 Å². The third-order valence-electron chi connectivity index (χ3n) is 4.82. The lowest BCUT2D eigenvalue weighted by atomic mass is 10.0. The van der Waals surface area contributed by atoms with Gasteiger partial charge in [-0.15, -0.1) is 0 Å². The van der Waals surface area contributed by atoms with Crippen LogP contribution in [-0.4, -0.2) is 16.2 Å². The SMILES string of the molecule is O=C(O)N(Cc1ccoc1)c1ccc2cc(-c3ccccc3C(F)(F)F)[nH]c(=O)c2c1. The molecule has 4 rings (SSSR count). The molecule has 0 saturated heterocycles. The van der Waals surface area contributed by atoms with Crippen LogP contribution >= 0.6 is 0 Å². The summed E-state index contributed by atoms with van der Waals surface area (Å²) in [5, 5.41) is 10.1. The molecule has 0 aliphatic rings. The van der Waals surface area contributed by atoms with Crippen LogP contribution in [0.1, 0.15) is 11.1 Å².